The molecule has 0 aliphatic carbocycles. The number of carbonyl (C=O) groups is 8. The zero-order valence-corrected chi connectivity index (χ0v) is 43.9. The number of rotatable bonds is 13. The number of halogens is 1. The van der Waals surface area contributed by atoms with Crippen LogP contribution in [-0.2, 0) is 52.3 Å². The summed E-state index contributed by atoms with van der Waals surface area (Å²) in [5, 5.41) is 79.8. The Hall–Kier alpha value is -5.99. The number of nitrogens with one attached hydrogen (secondary N) is 2. The number of ether oxygens (including phenoxy) is 8. The Balaban J connectivity index is 0.000000414. The molecule has 2 aromatic carbocycles. The maximum absolute atomic E-state index is 13.2. The topological polar surface area (TPSA) is 426 Å². The molecule has 6 rings (SSSR count). The van der Waals surface area contributed by atoms with E-state index >= 15 is 0 Å². The van der Waals surface area contributed by atoms with Crippen LogP contribution in [0.1, 0.15) is 92.4 Å². The van der Waals surface area contributed by atoms with Gasteiger partial charge in [-0.05, 0) is 31.2 Å². The van der Waals surface area contributed by atoms with Crippen LogP contribution in [0.25, 0.3) is 0 Å². The maximum atomic E-state index is 13.2. The van der Waals surface area contributed by atoms with Crippen molar-refractivity contribution in [1.82, 2.24) is 15.5 Å². The lowest BCUT2D eigenvalue weighted by Crippen LogP contribution is -2.67. The van der Waals surface area contributed by atoms with E-state index < -0.39 is 159 Å². The third-order valence-corrected chi connectivity index (χ3v) is 11.4. The van der Waals surface area contributed by atoms with E-state index in [0.717, 1.165) is 32.6 Å². The van der Waals surface area contributed by atoms with Crippen LogP contribution < -0.4 is 21.1 Å². The van der Waals surface area contributed by atoms with Crippen molar-refractivity contribution in [2.45, 2.75) is 153 Å². The number of unbranched alkanes of at least 4 members (excludes halogenated alkanes) is 1. The van der Waals surface area contributed by atoms with Gasteiger partial charge in [0.05, 0.1) is 35.9 Å². The van der Waals surface area contributed by atoms with Crippen LogP contribution in [-0.4, -0.2) is 212 Å². The standard InChI is InChI=1S/C22H23NO11.C16H22N2O8.C6H13NO5.C4H10.ClH/c1-10(24)30-9-16-18(31-11(2)25)19(32-12(3)26)17(22(34-16)33-13(4)27)23-20(28)14-7-5-6-8-15(14)21(23)29;1-2-17-16(24)26-9-6-4-3-5-8(9)14(22)18-11-13(21)12(20)10(7-19)25-15(11)23;7-3-5(10)4(9)2(1-8)12-6(3)11;1-3-4-2;/h5-8,16-19,22H,9H2,1-4H3;3-6,10-13,15,19-21,23H,2,7H2,1H3,(H,17,24)(H,18,22);2-6,8-11H,1,7H2;3-4H2,1-2H3;1H. The summed E-state index contributed by atoms with van der Waals surface area (Å²) in [6, 6.07) is 8.00. The number of para-hydroxylation sites is 1. The number of nitrogens with zero attached hydrogens (tertiary/aromatic N) is 1. The molecule has 28 nitrogen and oxygen atoms in total. The number of hydrogen-bond acceptors (Lipinski definition) is 25. The van der Waals surface area contributed by atoms with Gasteiger partial charge in [-0.15, -0.1) is 12.4 Å². The summed E-state index contributed by atoms with van der Waals surface area (Å²) in [7, 11) is 0. The largest absolute Gasteiger partial charge is 0.463 e. The molecule has 0 aromatic heterocycles. The van der Waals surface area contributed by atoms with Gasteiger partial charge in [0.15, 0.2) is 24.8 Å². The third-order valence-electron chi connectivity index (χ3n) is 11.4. The third kappa shape index (κ3) is 18.3. The zero-order chi connectivity index (χ0) is 57.1. The number of benzene rings is 2. The van der Waals surface area contributed by atoms with Crippen molar-refractivity contribution in [3.05, 3.63) is 65.2 Å². The summed E-state index contributed by atoms with van der Waals surface area (Å²) in [6.07, 6.45) is -14.7. The Morgan fingerprint density at radius 3 is 1.62 bits per heavy atom. The Bertz CT molecular complexity index is 2250. The van der Waals surface area contributed by atoms with Crippen molar-refractivity contribution in [3.8, 4) is 5.75 Å². The number of esters is 4. The van der Waals surface area contributed by atoms with E-state index in [1.54, 1.807) is 31.2 Å². The van der Waals surface area contributed by atoms with Crippen molar-refractivity contribution in [2.24, 2.45) is 5.73 Å². The molecule has 4 heterocycles. The van der Waals surface area contributed by atoms with Crippen molar-refractivity contribution >= 4 is 60.1 Å². The average Bonchev–Trinajstić information content (AvgIpc) is 3.62. The van der Waals surface area contributed by atoms with E-state index in [0.29, 0.717) is 6.54 Å². The number of nitrogens with two attached hydrogens (primary N) is 1. The molecule has 15 unspecified atom stereocenters. The molecule has 3 fully saturated rings. The summed E-state index contributed by atoms with van der Waals surface area (Å²) in [6.45, 7) is 9.23. The smallest absolute Gasteiger partial charge is 0.412 e. The number of fused-ring (bicyclic) bond motifs is 1. The molecule has 432 valence electrons. The zero-order valence-electron chi connectivity index (χ0n) is 43.1. The van der Waals surface area contributed by atoms with Crippen LogP contribution in [0.2, 0.25) is 0 Å². The molecule has 0 saturated carbocycles. The first-order chi connectivity index (χ1) is 35.9. The molecule has 0 radical (unpaired) electrons. The van der Waals surface area contributed by atoms with Crippen molar-refractivity contribution in [3.63, 3.8) is 0 Å². The van der Waals surface area contributed by atoms with E-state index in [4.69, 9.17) is 58.9 Å². The Morgan fingerprint density at radius 1 is 0.636 bits per heavy atom. The van der Waals surface area contributed by atoms with Gasteiger partial charge in [-0.25, -0.2) is 4.79 Å². The van der Waals surface area contributed by atoms with Crippen LogP contribution >= 0.6 is 12.4 Å². The summed E-state index contributed by atoms with van der Waals surface area (Å²) >= 11 is 0. The van der Waals surface area contributed by atoms with Crippen molar-refractivity contribution < 1.29 is 117 Å². The molecule has 12 N–H and O–H groups in total. The summed E-state index contributed by atoms with van der Waals surface area (Å²) in [4.78, 5) is 98.3. The lowest BCUT2D eigenvalue weighted by atomic mass is 9.94. The summed E-state index contributed by atoms with van der Waals surface area (Å²) in [5.41, 5.74) is 5.42. The molecule has 0 bridgehead atoms. The highest BCUT2D eigenvalue weighted by Gasteiger charge is 2.58. The van der Waals surface area contributed by atoms with Crippen LogP contribution in [0.4, 0.5) is 4.79 Å². The number of aliphatic hydroxyl groups excluding tert-OH is 8. The molecule has 0 spiro atoms. The molecule has 15 atom stereocenters. The molecule has 2 aromatic rings. The van der Waals surface area contributed by atoms with Gasteiger partial charge in [-0.2, -0.15) is 0 Å². The molecule has 4 aliphatic heterocycles. The first kappa shape index (κ1) is 67.1. The number of imide groups is 1. The molecule has 77 heavy (non-hydrogen) atoms. The summed E-state index contributed by atoms with van der Waals surface area (Å²) < 4.78 is 41.4. The lowest BCUT2D eigenvalue weighted by molar-refractivity contribution is -0.278. The number of amides is 4. The molecule has 29 heteroatoms. The number of hydrogen-bond donors (Lipinski definition) is 11. The highest BCUT2D eigenvalue weighted by Crippen LogP contribution is 2.36. The Morgan fingerprint density at radius 2 is 1.13 bits per heavy atom. The van der Waals surface area contributed by atoms with Crippen molar-refractivity contribution in [2.75, 3.05) is 26.4 Å². The van der Waals surface area contributed by atoms with Crippen LogP contribution in [0, 0.1) is 0 Å². The van der Waals surface area contributed by atoms with Crippen LogP contribution in [0.15, 0.2) is 48.5 Å². The first-order valence-electron chi connectivity index (χ1n) is 23.9. The van der Waals surface area contributed by atoms with E-state index in [2.05, 4.69) is 24.5 Å². The minimum absolute atomic E-state index is 0. The van der Waals surface area contributed by atoms with Crippen LogP contribution in [0.5, 0.6) is 5.75 Å². The Labute approximate surface area is 448 Å². The van der Waals surface area contributed by atoms with E-state index in [9.17, 15) is 63.9 Å². The van der Waals surface area contributed by atoms with E-state index in [1.807, 2.05) is 0 Å². The van der Waals surface area contributed by atoms with Crippen molar-refractivity contribution in [1.29, 1.82) is 0 Å². The van der Waals surface area contributed by atoms with Gasteiger partial charge in [0.1, 0.15) is 67.2 Å². The molecule has 4 amide bonds. The monoisotopic (exact) mass is 1120 g/mol. The van der Waals surface area contributed by atoms with E-state index in [1.165, 1.54) is 37.1 Å². The quantitative estimate of drug-likeness (QED) is 0.0569. The number of aliphatic hydroxyl groups is 8. The van der Waals surface area contributed by atoms with Gasteiger partial charge in [0.25, 0.3) is 17.7 Å². The fourth-order valence-corrected chi connectivity index (χ4v) is 7.52. The van der Waals surface area contributed by atoms with Gasteiger partial charge in [-0.1, -0.05) is 51.0 Å². The predicted molar refractivity (Wildman–Crippen MR) is 262 cm³/mol. The second-order valence-corrected chi connectivity index (χ2v) is 17.1. The molecule has 3 saturated heterocycles. The molecular formula is C48H69ClN4O24. The summed E-state index contributed by atoms with van der Waals surface area (Å²) in [5.74, 6) is -5.42. The fraction of sp³-hybridized carbons (Fsp3) is 0.583. The second kappa shape index (κ2) is 32.0. The molecular weight excluding hydrogens is 1050 g/mol. The van der Waals surface area contributed by atoms with Gasteiger partial charge in [0, 0.05) is 34.2 Å². The highest BCUT2D eigenvalue weighted by molar-refractivity contribution is 6.21. The van der Waals surface area contributed by atoms with Gasteiger partial charge >= 0.3 is 30.0 Å². The first-order valence-corrected chi connectivity index (χ1v) is 23.9. The lowest BCUT2D eigenvalue weighted by Gasteiger charge is -2.46. The fourth-order valence-electron chi connectivity index (χ4n) is 7.52. The van der Waals surface area contributed by atoms with Crippen LogP contribution in [0.3, 0.4) is 0 Å². The SMILES string of the molecule is CC(=O)OCC1OC(OC(C)=O)C(N2C(=O)c3ccccc3C2=O)C(OC(C)=O)C1OC(C)=O.CCCC.CCNC(=O)Oc1ccccc1C(=O)NC1C(O)OC(CO)C(O)C1O.Cl.NC1C(O)OC(CO)C(O)C1O. The van der Waals surface area contributed by atoms with E-state index in [-0.39, 0.29) is 34.8 Å². The van der Waals surface area contributed by atoms with Gasteiger partial charge in [0.2, 0.25) is 6.29 Å². The minimum Gasteiger partial charge on any atom is -0.463 e. The second-order valence-electron chi connectivity index (χ2n) is 17.1. The highest BCUT2D eigenvalue weighted by atomic mass is 35.5. The number of carbonyl (C=O) groups excluding carboxylic acids is 8. The Kier molecular flexibility index (Phi) is 27.9. The van der Waals surface area contributed by atoms with Gasteiger partial charge in [-0.3, -0.25) is 38.5 Å². The normalized spacial score (nSPS) is 29.0. The molecule has 4 aliphatic rings. The minimum atomic E-state index is -1.65. The maximum Gasteiger partial charge on any atom is 0.412 e. The predicted octanol–water partition coefficient (Wildman–Crippen LogP) is -2.34. The average molecular weight is 1120 g/mol. The van der Waals surface area contributed by atoms with Gasteiger partial charge < -0.3 is 95.1 Å².